The predicted octanol–water partition coefficient (Wildman–Crippen LogP) is 2.77. The van der Waals surface area contributed by atoms with Gasteiger partial charge in [0.1, 0.15) is 0 Å². The number of hydrogen-bond acceptors (Lipinski definition) is 4. The molecule has 2 rings (SSSR count). The SMILES string of the molecule is CCOc1cc(CN2CCOC(C)C2)cc(Br)c1O. The topological polar surface area (TPSA) is 41.9 Å². The van der Waals surface area contributed by atoms with Gasteiger partial charge in [0.15, 0.2) is 11.5 Å². The van der Waals surface area contributed by atoms with Gasteiger partial charge >= 0.3 is 0 Å². The monoisotopic (exact) mass is 329 g/mol. The number of hydrogen-bond donors (Lipinski definition) is 1. The Balaban J connectivity index is 2.11. The van der Waals surface area contributed by atoms with Crippen LogP contribution in [-0.4, -0.2) is 42.4 Å². The van der Waals surface area contributed by atoms with Crippen molar-refractivity contribution in [1.82, 2.24) is 4.90 Å². The molecule has 4 nitrogen and oxygen atoms in total. The van der Waals surface area contributed by atoms with Crippen LogP contribution in [0.2, 0.25) is 0 Å². The van der Waals surface area contributed by atoms with Crippen molar-refractivity contribution in [2.75, 3.05) is 26.3 Å². The van der Waals surface area contributed by atoms with Crippen molar-refractivity contribution >= 4 is 15.9 Å². The number of nitrogens with zero attached hydrogens (tertiary/aromatic N) is 1. The fourth-order valence-corrected chi connectivity index (χ4v) is 2.77. The molecule has 1 aliphatic rings. The maximum atomic E-state index is 9.90. The molecule has 19 heavy (non-hydrogen) atoms. The van der Waals surface area contributed by atoms with E-state index < -0.39 is 0 Å². The molecule has 0 aromatic heterocycles. The molecule has 106 valence electrons. The molecule has 1 aromatic carbocycles. The zero-order valence-electron chi connectivity index (χ0n) is 11.4. The lowest BCUT2D eigenvalue weighted by molar-refractivity contribution is -0.0212. The second kappa shape index (κ2) is 6.59. The maximum absolute atomic E-state index is 9.90. The summed E-state index contributed by atoms with van der Waals surface area (Å²) in [5, 5.41) is 9.90. The van der Waals surface area contributed by atoms with Gasteiger partial charge < -0.3 is 14.6 Å². The molecule has 1 aliphatic heterocycles. The molecule has 0 aliphatic carbocycles. The molecule has 0 saturated carbocycles. The Kier molecular flexibility index (Phi) is 5.07. The highest BCUT2D eigenvalue weighted by Crippen LogP contribution is 2.35. The van der Waals surface area contributed by atoms with Gasteiger partial charge in [-0.1, -0.05) is 0 Å². The van der Waals surface area contributed by atoms with E-state index in [-0.39, 0.29) is 11.9 Å². The molecule has 1 saturated heterocycles. The first kappa shape index (κ1) is 14.6. The number of ether oxygens (including phenoxy) is 2. The molecule has 1 fully saturated rings. The van der Waals surface area contributed by atoms with Gasteiger partial charge in [0, 0.05) is 19.6 Å². The largest absolute Gasteiger partial charge is 0.503 e. The minimum atomic E-state index is 0.168. The van der Waals surface area contributed by atoms with E-state index in [2.05, 4.69) is 27.8 Å². The third-order valence-corrected chi connectivity index (χ3v) is 3.72. The van der Waals surface area contributed by atoms with Gasteiger partial charge in [-0.05, 0) is 47.5 Å². The molecule has 1 heterocycles. The van der Waals surface area contributed by atoms with E-state index >= 15 is 0 Å². The van der Waals surface area contributed by atoms with Crippen LogP contribution < -0.4 is 4.74 Å². The van der Waals surface area contributed by atoms with Crippen molar-refractivity contribution in [3.05, 3.63) is 22.2 Å². The summed E-state index contributed by atoms with van der Waals surface area (Å²) in [5.41, 5.74) is 1.13. The van der Waals surface area contributed by atoms with Crippen LogP contribution in [0.15, 0.2) is 16.6 Å². The van der Waals surface area contributed by atoms with Crippen molar-refractivity contribution < 1.29 is 14.6 Å². The maximum Gasteiger partial charge on any atom is 0.172 e. The molecular weight excluding hydrogens is 310 g/mol. The van der Waals surface area contributed by atoms with Gasteiger partial charge in [0.25, 0.3) is 0 Å². The minimum Gasteiger partial charge on any atom is -0.503 e. The van der Waals surface area contributed by atoms with Crippen LogP contribution in [0, 0.1) is 0 Å². The van der Waals surface area contributed by atoms with Crippen LogP contribution in [0.3, 0.4) is 0 Å². The summed E-state index contributed by atoms with van der Waals surface area (Å²) < 4.78 is 11.7. The Hall–Kier alpha value is -0.780. The molecule has 0 spiro atoms. The Labute approximate surface area is 122 Å². The van der Waals surface area contributed by atoms with E-state index in [0.717, 1.165) is 31.8 Å². The van der Waals surface area contributed by atoms with E-state index in [4.69, 9.17) is 9.47 Å². The number of halogens is 1. The summed E-state index contributed by atoms with van der Waals surface area (Å²) in [6, 6.07) is 3.85. The van der Waals surface area contributed by atoms with Gasteiger partial charge in [-0.15, -0.1) is 0 Å². The second-order valence-corrected chi connectivity index (χ2v) is 5.63. The quantitative estimate of drug-likeness (QED) is 0.922. The van der Waals surface area contributed by atoms with Crippen molar-refractivity contribution in [2.45, 2.75) is 26.5 Å². The number of phenols is 1. The van der Waals surface area contributed by atoms with Gasteiger partial charge in [0.2, 0.25) is 0 Å². The first-order valence-corrected chi connectivity index (χ1v) is 7.37. The molecule has 1 N–H and O–H groups in total. The third-order valence-electron chi connectivity index (χ3n) is 3.12. The molecular formula is C14H20BrNO3. The van der Waals surface area contributed by atoms with Gasteiger partial charge in [-0.25, -0.2) is 0 Å². The normalized spacial score (nSPS) is 20.5. The van der Waals surface area contributed by atoms with Gasteiger partial charge in [-0.2, -0.15) is 0 Å². The third kappa shape index (κ3) is 3.84. The molecule has 5 heteroatoms. The lowest BCUT2D eigenvalue weighted by atomic mass is 10.1. The summed E-state index contributed by atoms with van der Waals surface area (Å²) in [5.74, 6) is 0.703. The number of benzene rings is 1. The van der Waals surface area contributed by atoms with Crippen molar-refractivity contribution in [2.24, 2.45) is 0 Å². The fraction of sp³-hybridized carbons (Fsp3) is 0.571. The average molecular weight is 330 g/mol. The predicted molar refractivity (Wildman–Crippen MR) is 77.7 cm³/mol. The summed E-state index contributed by atoms with van der Waals surface area (Å²) in [6.45, 7) is 8.02. The zero-order valence-corrected chi connectivity index (χ0v) is 12.9. The van der Waals surface area contributed by atoms with Crippen LogP contribution >= 0.6 is 15.9 Å². The second-order valence-electron chi connectivity index (χ2n) is 4.77. The van der Waals surface area contributed by atoms with Gasteiger partial charge in [0.05, 0.1) is 23.8 Å². The number of morpholine rings is 1. The van der Waals surface area contributed by atoms with Crippen LogP contribution in [0.4, 0.5) is 0 Å². The van der Waals surface area contributed by atoms with Crippen molar-refractivity contribution in [1.29, 1.82) is 0 Å². The Bertz CT molecular complexity index is 439. The minimum absolute atomic E-state index is 0.168. The van der Waals surface area contributed by atoms with E-state index in [0.29, 0.717) is 16.8 Å². The summed E-state index contributed by atoms with van der Waals surface area (Å²) in [4.78, 5) is 2.35. The first-order chi connectivity index (χ1) is 9.10. The van der Waals surface area contributed by atoms with E-state index in [9.17, 15) is 5.11 Å². The number of phenolic OH excluding ortho intramolecular Hbond substituents is 1. The average Bonchev–Trinajstić information content (AvgIpc) is 2.35. The van der Waals surface area contributed by atoms with Gasteiger partial charge in [-0.3, -0.25) is 4.90 Å². The summed E-state index contributed by atoms with van der Waals surface area (Å²) in [6.07, 6.45) is 0.278. The molecule has 0 radical (unpaired) electrons. The lowest BCUT2D eigenvalue weighted by Gasteiger charge is -2.31. The van der Waals surface area contributed by atoms with E-state index in [1.54, 1.807) is 0 Å². The Morgan fingerprint density at radius 2 is 2.32 bits per heavy atom. The Morgan fingerprint density at radius 3 is 3.00 bits per heavy atom. The highest BCUT2D eigenvalue weighted by molar-refractivity contribution is 9.10. The van der Waals surface area contributed by atoms with Crippen molar-refractivity contribution in [3.63, 3.8) is 0 Å². The van der Waals surface area contributed by atoms with Crippen LogP contribution in [0.5, 0.6) is 11.5 Å². The van der Waals surface area contributed by atoms with Crippen molar-refractivity contribution in [3.8, 4) is 11.5 Å². The zero-order chi connectivity index (χ0) is 13.8. The fourth-order valence-electron chi connectivity index (χ4n) is 2.28. The van der Waals surface area contributed by atoms with E-state index in [1.165, 1.54) is 0 Å². The summed E-state index contributed by atoms with van der Waals surface area (Å²) >= 11 is 3.37. The molecule has 1 atom stereocenters. The van der Waals surface area contributed by atoms with Crippen LogP contribution in [0.25, 0.3) is 0 Å². The molecule has 0 bridgehead atoms. The standard InChI is InChI=1S/C14H20BrNO3/c1-3-18-13-7-11(6-12(15)14(13)17)9-16-4-5-19-10(2)8-16/h6-7,10,17H,3-5,8-9H2,1-2H3. The first-order valence-electron chi connectivity index (χ1n) is 6.58. The highest BCUT2D eigenvalue weighted by atomic mass is 79.9. The van der Waals surface area contributed by atoms with Crippen LogP contribution in [0.1, 0.15) is 19.4 Å². The molecule has 1 aromatic rings. The van der Waals surface area contributed by atoms with E-state index in [1.807, 2.05) is 19.1 Å². The molecule has 0 amide bonds. The van der Waals surface area contributed by atoms with Crippen LogP contribution in [-0.2, 0) is 11.3 Å². The summed E-state index contributed by atoms with van der Waals surface area (Å²) in [7, 11) is 0. The lowest BCUT2D eigenvalue weighted by Crippen LogP contribution is -2.40. The smallest absolute Gasteiger partial charge is 0.172 e. The number of aromatic hydroxyl groups is 1. The molecule has 1 unspecified atom stereocenters. The highest BCUT2D eigenvalue weighted by Gasteiger charge is 2.18. The Morgan fingerprint density at radius 1 is 1.53 bits per heavy atom. The number of rotatable bonds is 4.